The molecule has 1 rings (SSSR count). The van der Waals surface area contributed by atoms with Crippen LogP contribution in [0.5, 0.6) is 0 Å². The van der Waals surface area contributed by atoms with Crippen molar-refractivity contribution in [2.75, 3.05) is 19.3 Å². The number of hydrogen-bond acceptors (Lipinski definition) is 5. The second-order valence-corrected chi connectivity index (χ2v) is 3.50. The van der Waals surface area contributed by atoms with Crippen molar-refractivity contribution >= 4 is 5.69 Å². The summed E-state index contributed by atoms with van der Waals surface area (Å²) in [5, 5.41) is 22.1. The zero-order valence-electron chi connectivity index (χ0n) is 8.94. The molecule has 0 aliphatic carbocycles. The van der Waals surface area contributed by atoms with E-state index >= 15 is 0 Å². The van der Waals surface area contributed by atoms with Crippen molar-refractivity contribution in [1.82, 2.24) is 10.3 Å². The Morgan fingerprint density at radius 2 is 2.20 bits per heavy atom. The maximum absolute atomic E-state index is 9.79. The molecule has 1 heterocycles. The molecule has 0 saturated carbocycles. The van der Waals surface area contributed by atoms with Gasteiger partial charge in [0.2, 0.25) is 0 Å². The minimum atomic E-state index is -1.06. The number of aromatic nitrogens is 1. The van der Waals surface area contributed by atoms with E-state index in [9.17, 15) is 10.2 Å². The predicted octanol–water partition coefficient (Wildman–Crippen LogP) is -0.414. The van der Waals surface area contributed by atoms with E-state index in [4.69, 9.17) is 5.73 Å². The summed E-state index contributed by atoms with van der Waals surface area (Å²) in [6.45, 7) is 2.12. The summed E-state index contributed by atoms with van der Waals surface area (Å²) in [5.41, 5.74) is 7.37. The van der Waals surface area contributed by atoms with Gasteiger partial charge in [-0.3, -0.25) is 4.98 Å². The van der Waals surface area contributed by atoms with E-state index in [1.54, 1.807) is 19.3 Å². The molecule has 2 atom stereocenters. The van der Waals surface area contributed by atoms with Gasteiger partial charge >= 0.3 is 0 Å². The van der Waals surface area contributed by atoms with E-state index in [2.05, 4.69) is 10.3 Å². The highest BCUT2D eigenvalue weighted by atomic mass is 16.3. The van der Waals surface area contributed by atoms with Gasteiger partial charge < -0.3 is 21.3 Å². The molecule has 0 aromatic carbocycles. The average Bonchev–Trinajstić information content (AvgIpc) is 2.21. The number of rotatable bonds is 4. The number of nitrogens with zero attached hydrogens (tertiary/aromatic N) is 1. The standard InChI is InChI=1S/C10H17N3O2/c1-6-3-4-13-9(8(6)11)10(15)7(14)5-12-2/h3-4,7,10,12,14-15H,5,11H2,1-2H3. The van der Waals surface area contributed by atoms with Crippen molar-refractivity contribution in [3.8, 4) is 0 Å². The van der Waals surface area contributed by atoms with Gasteiger partial charge in [0, 0.05) is 12.7 Å². The van der Waals surface area contributed by atoms with Gasteiger partial charge in [0.15, 0.2) is 0 Å². The fourth-order valence-electron chi connectivity index (χ4n) is 1.33. The molecular formula is C10H17N3O2. The van der Waals surface area contributed by atoms with Gasteiger partial charge in [0.1, 0.15) is 6.10 Å². The van der Waals surface area contributed by atoms with Gasteiger partial charge in [-0.15, -0.1) is 0 Å². The number of anilines is 1. The molecule has 0 fully saturated rings. The smallest absolute Gasteiger partial charge is 0.125 e. The van der Waals surface area contributed by atoms with Crippen LogP contribution in [0.1, 0.15) is 17.4 Å². The molecule has 5 N–H and O–H groups in total. The first-order valence-electron chi connectivity index (χ1n) is 4.79. The SMILES string of the molecule is CNCC(O)C(O)c1nccc(C)c1N. The summed E-state index contributed by atoms with van der Waals surface area (Å²) in [4.78, 5) is 3.98. The molecule has 84 valence electrons. The predicted molar refractivity (Wildman–Crippen MR) is 58.3 cm³/mol. The van der Waals surface area contributed by atoms with Crippen LogP contribution >= 0.6 is 0 Å². The van der Waals surface area contributed by atoms with Crippen LogP contribution in [0.15, 0.2) is 12.3 Å². The molecule has 5 heteroatoms. The Labute approximate surface area is 89.0 Å². The van der Waals surface area contributed by atoms with Crippen LogP contribution in [0.4, 0.5) is 5.69 Å². The lowest BCUT2D eigenvalue weighted by Gasteiger charge is -2.18. The van der Waals surface area contributed by atoms with Gasteiger partial charge in [-0.2, -0.15) is 0 Å². The maximum Gasteiger partial charge on any atom is 0.125 e. The third-order valence-electron chi connectivity index (χ3n) is 2.30. The van der Waals surface area contributed by atoms with Crippen molar-refractivity contribution in [2.24, 2.45) is 0 Å². The summed E-state index contributed by atoms with van der Waals surface area (Å²) in [6, 6.07) is 1.76. The molecule has 15 heavy (non-hydrogen) atoms. The van der Waals surface area contributed by atoms with Gasteiger partial charge in [0.05, 0.1) is 17.5 Å². The van der Waals surface area contributed by atoms with Crippen molar-refractivity contribution in [3.63, 3.8) is 0 Å². The topological polar surface area (TPSA) is 91.4 Å². The number of nitrogens with two attached hydrogens (primary N) is 1. The quantitative estimate of drug-likeness (QED) is 0.543. The number of aryl methyl sites for hydroxylation is 1. The zero-order chi connectivity index (χ0) is 11.4. The van der Waals surface area contributed by atoms with E-state index in [1.807, 2.05) is 6.92 Å². The third kappa shape index (κ3) is 2.65. The molecule has 0 amide bonds. The molecule has 5 nitrogen and oxygen atoms in total. The number of nitrogens with one attached hydrogen (secondary N) is 1. The number of hydrogen-bond donors (Lipinski definition) is 4. The minimum absolute atomic E-state index is 0.288. The van der Waals surface area contributed by atoms with Crippen LogP contribution in [0, 0.1) is 6.92 Å². The molecule has 0 saturated heterocycles. The lowest BCUT2D eigenvalue weighted by atomic mass is 10.1. The normalized spacial score (nSPS) is 14.9. The summed E-state index contributed by atoms with van der Waals surface area (Å²) in [7, 11) is 1.70. The summed E-state index contributed by atoms with van der Waals surface area (Å²) >= 11 is 0. The largest absolute Gasteiger partial charge is 0.397 e. The molecule has 0 aliphatic heterocycles. The maximum atomic E-state index is 9.79. The Bertz CT molecular complexity index is 330. The molecule has 0 radical (unpaired) electrons. The van der Waals surface area contributed by atoms with Crippen LogP contribution < -0.4 is 11.1 Å². The highest BCUT2D eigenvalue weighted by molar-refractivity contribution is 5.50. The monoisotopic (exact) mass is 211 g/mol. The van der Waals surface area contributed by atoms with Crippen LogP contribution in [-0.4, -0.2) is 34.9 Å². The first kappa shape index (κ1) is 11.9. The fourth-order valence-corrected chi connectivity index (χ4v) is 1.33. The fraction of sp³-hybridized carbons (Fsp3) is 0.500. The summed E-state index contributed by atoms with van der Waals surface area (Å²) < 4.78 is 0. The van der Waals surface area contributed by atoms with E-state index in [0.29, 0.717) is 11.4 Å². The zero-order valence-corrected chi connectivity index (χ0v) is 8.94. The van der Waals surface area contributed by atoms with Crippen LogP contribution in [0.25, 0.3) is 0 Å². The van der Waals surface area contributed by atoms with Crippen molar-refractivity contribution in [1.29, 1.82) is 0 Å². The van der Waals surface area contributed by atoms with Gasteiger partial charge in [0.25, 0.3) is 0 Å². The highest BCUT2D eigenvalue weighted by Gasteiger charge is 2.21. The molecule has 2 unspecified atom stereocenters. The first-order chi connectivity index (χ1) is 7.07. The highest BCUT2D eigenvalue weighted by Crippen LogP contribution is 2.22. The first-order valence-corrected chi connectivity index (χ1v) is 4.79. The lowest BCUT2D eigenvalue weighted by Crippen LogP contribution is -2.30. The Hall–Kier alpha value is -1.17. The molecule has 1 aromatic rings. The van der Waals surface area contributed by atoms with Crippen molar-refractivity contribution in [2.45, 2.75) is 19.1 Å². The van der Waals surface area contributed by atoms with Gasteiger partial charge in [-0.25, -0.2) is 0 Å². The van der Waals surface area contributed by atoms with E-state index in [1.165, 1.54) is 0 Å². The van der Waals surface area contributed by atoms with E-state index < -0.39 is 12.2 Å². The number of aliphatic hydroxyl groups is 2. The number of aliphatic hydroxyl groups excluding tert-OH is 2. The van der Waals surface area contributed by atoms with E-state index in [-0.39, 0.29) is 6.54 Å². The molecular weight excluding hydrogens is 194 g/mol. The van der Waals surface area contributed by atoms with Crippen molar-refractivity contribution < 1.29 is 10.2 Å². The van der Waals surface area contributed by atoms with Crippen LogP contribution in [0.3, 0.4) is 0 Å². The summed E-state index contributed by atoms with van der Waals surface area (Å²) in [5.74, 6) is 0. The summed E-state index contributed by atoms with van der Waals surface area (Å²) in [6.07, 6.45) is -0.403. The second kappa shape index (κ2) is 5.06. The average molecular weight is 211 g/mol. The molecule has 0 spiro atoms. The third-order valence-corrected chi connectivity index (χ3v) is 2.30. The number of likely N-dealkylation sites (N-methyl/N-ethyl adjacent to an activating group) is 1. The van der Waals surface area contributed by atoms with Crippen LogP contribution in [0.2, 0.25) is 0 Å². The Morgan fingerprint density at radius 1 is 1.53 bits per heavy atom. The molecule has 0 aliphatic rings. The Morgan fingerprint density at radius 3 is 2.80 bits per heavy atom. The van der Waals surface area contributed by atoms with Crippen LogP contribution in [-0.2, 0) is 0 Å². The van der Waals surface area contributed by atoms with Crippen molar-refractivity contribution in [3.05, 3.63) is 23.5 Å². The lowest BCUT2D eigenvalue weighted by molar-refractivity contribution is 0.0181. The Balaban J connectivity index is 2.90. The van der Waals surface area contributed by atoms with Gasteiger partial charge in [-0.1, -0.05) is 0 Å². The van der Waals surface area contributed by atoms with E-state index in [0.717, 1.165) is 5.56 Å². The second-order valence-electron chi connectivity index (χ2n) is 3.50. The number of nitrogen functional groups attached to an aromatic ring is 1. The molecule has 1 aromatic heterocycles. The Kier molecular flexibility index (Phi) is 4.02. The minimum Gasteiger partial charge on any atom is -0.397 e. The van der Waals surface area contributed by atoms with Gasteiger partial charge in [-0.05, 0) is 25.6 Å². The number of pyridine rings is 1. The molecule has 0 bridgehead atoms.